The Labute approximate surface area is 84.3 Å². The molecule has 0 atom stereocenters. The minimum atomic E-state index is -4.83. The summed E-state index contributed by atoms with van der Waals surface area (Å²) in [5.74, 6) is -1.37. The van der Waals surface area contributed by atoms with Gasteiger partial charge in [-0.3, -0.25) is 4.79 Å². The molecule has 0 aromatic rings. The average molecular weight is 228 g/mol. The topological polar surface area (TPSA) is 37.3 Å². The van der Waals surface area contributed by atoms with E-state index in [1.165, 1.54) is 0 Å². The average Bonchev–Trinajstić information content (AvgIpc) is 2.06. The molecular formula is C9H12F4O2. The van der Waals surface area contributed by atoms with Gasteiger partial charge in [-0.15, -0.1) is 0 Å². The molecule has 0 aromatic heterocycles. The van der Waals surface area contributed by atoms with Gasteiger partial charge in [-0.2, -0.15) is 13.2 Å². The van der Waals surface area contributed by atoms with Gasteiger partial charge in [0.1, 0.15) is 0 Å². The van der Waals surface area contributed by atoms with E-state index in [2.05, 4.69) is 0 Å². The second-order valence-corrected chi connectivity index (χ2v) is 4.00. The first-order valence-corrected chi connectivity index (χ1v) is 4.72. The lowest BCUT2D eigenvalue weighted by Gasteiger charge is -2.34. The summed E-state index contributed by atoms with van der Waals surface area (Å²) in [6.07, 6.45) is -6.26. The Bertz CT molecular complexity index is 241. The fourth-order valence-corrected chi connectivity index (χ4v) is 1.87. The molecule has 0 saturated heterocycles. The highest BCUT2D eigenvalue weighted by Gasteiger charge is 2.56. The van der Waals surface area contributed by atoms with Gasteiger partial charge < -0.3 is 5.11 Å². The van der Waals surface area contributed by atoms with Gasteiger partial charge in [-0.1, -0.05) is 0 Å². The normalized spacial score (nSPS) is 32.7. The molecule has 0 aromatic carbocycles. The van der Waals surface area contributed by atoms with Crippen molar-refractivity contribution >= 4 is 5.97 Å². The monoisotopic (exact) mass is 228 g/mol. The van der Waals surface area contributed by atoms with Gasteiger partial charge in [0.2, 0.25) is 5.67 Å². The number of carbonyl (C=O) groups is 1. The second kappa shape index (κ2) is 3.98. The number of hydrogen-bond donors (Lipinski definition) is 1. The summed E-state index contributed by atoms with van der Waals surface area (Å²) >= 11 is 0. The molecule has 0 unspecified atom stereocenters. The zero-order chi connectivity index (χ0) is 11.7. The summed E-state index contributed by atoms with van der Waals surface area (Å²) in [7, 11) is 0. The van der Waals surface area contributed by atoms with Crippen molar-refractivity contribution in [2.75, 3.05) is 0 Å². The Morgan fingerprint density at radius 1 is 1.33 bits per heavy atom. The Hall–Kier alpha value is -0.810. The van der Waals surface area contributed by atoms with Crippen molar-refractivity contribution in [3.8, 4) is 0 Å². The van der Waals surface area contributed by atoms with Crippen LogP contribution >= 0.6 is 0 Å². The summed E-state index contributed by atoms with van der Waals surface area (Å²) in [5.41, 5.74) is -3.11. The van der Waals surface area contributed by atoms with Crippen LogP contribution in [0.4, 0.5) is 17.6 Å². The molecule has 1 fully saturated rings. The predicted octanol–water partition coefficient (Wildman–Crippen LogP) is 2.92. The summed E-state index contributed by atoms with van der Waals surface area (Å²) in [5, 5.41) is 8.44. The molecule has 2 nitrogen and oxygen atoms in total. The Balaban J connectivity index is 2.52. The first kappa shape index (κ1) is 12.3. The van der Waals surface area contributed by atoms with E-state index in [0.29, 0.717) is 0 Å². The molecule has 0 amide bonds. The highest BCUT2D eigenvalue weighted by Crippen LogP contribution is 2.46. The van der Waals surface area contributed by atoms with Crippen LogP contribution in [-0.4, -0.2) is 22.9 Å². The van der Waals surface area contributed by atoms with Crippen LogP contribution in [0.1, 0.15) is 32.1 Å². The number of aliphatic carboxylic acids is 1. The third-order valence-electron chi connectivity index (χ3n) is 2.87. The van der Waals surface area contributed by atoms with Gasteiger partial charge in [-0.05, 0) is 31.6 Å². The van der Waals surface area contributed by atoms with Crippen LogP contribution in [0.15, 0.2) is 0 Å². The van der Waals surface area contributed by atoms with Gasteiger partial charge in [-0.25, -0.2) is 4.39 Å². The van der Waals surface area contributed by atoms with Gasteiger partial charge in [0.25, 0.3) is 0 Å². The zero-order valence-electron chi connectivity index (χ0n) is 7.98. The molecule has 1 aliphatic rings. The van der Waals surface area contributed by atoms with E-state index in [1.807, 2.05) is 0 Å². The van der Waals surface area contributed by atoms with Crippen molar-refractivity contribution in [1.82, 2.24) is 0 Å². The van der Waals surface area contributed by atoms with Crippen molar-refractivity contribution in [2.45, 2.75) is 43.9 Å². The van der Waals surface area contributed by atoms with E-state index in [-0.39, 0.29) is 25.2 Å². The van der Waals surface area contributed by atoms with Crippen molar-refractivity contribution in [2.24, 2.45) is 5.92 Å². The summed E-state index contributed by atoms with van der Waals surface area (Å²) < 4.78 is 50.0. The second-order valence-electron chi connectivity index (χ2n) is 4.00. The molecule has 0 heterocycles. The number of carboxylic acids is 1. The highest BCUT2D eigenvalue weighted by atomic mass is 19.4. The van der Waals surface area contributed by atoms with Crippen LogP contribution in [0.25, 0.3) is 0 Å². The fraction of sp³-hybridized carbons (Fsp3) is 0.889. The standard InChI is InChI=1S/C9H12F4O2/c10-8(9(11,12)13)3-1-6(2-4-8)5-7(14)15/h6H,1-5H2,(H,14,15). The van der Waals surface area contributed by atoms with Crippen LogP contribution < -0.4 is 0 Å². The molecule has 6 heteroatoms. The molecule has 0 spiro atoms. The van der Waals surface area contributed by atoms with Crippen molar-refractivity contribution in [1.29, 1.82) is 0 Å². The lowest BCUT2D eigenvalue weighted by Crippen LogP contribution is -2.44. The smallest absolute Gasteiger partial charge is 0.422 e. The van der Waals surface area contributed by atoms with Crippen molar-refractivity contribution in [3.63, 3.8) is 0 Å². The molecule has 1 aliphatic carbocycles. The SMILES string of the molecule is O=C(O)CC1CCC(F)(C(F)(F)F)CC1. The Morgan fingerprint density at radius 3 is 2.13 bits per heavy atom. The van der Waals surface area contributed by atoms with Crippen molar-refractivity contribution < 1.29 is 27.5 Å². The molecule has 0 aliphatic heterocycles. The number of hydrogen-bond acceptors (Lipinski definition) is 1. The summed E-state index contributed by atoms with van der Waals surface area (Å²) in [6, 6.07) is 0. The van der Waals surface area contributed by atoms with E-state index in [0.717, 1.165) is 0 Å². The Morgan fingerprint density at radius 2 is 1.80 bits per heavy atom. The predicted molar refractivity (Wildman–Crippen MR) is 44.1 cm³/mol. The summed E-state index contributed by atoms with van der Waals surface area (Å²) in [4.78, 5) is 10.3. The maximum atomic E-state index is 13.3. The maximum Gasteiger partial charge on any atom is 0.422 e. The Kier molecular flexibility index (Phi) is 3.25. The maximum absolute atomic E-state index is 13.3. The van der Waals surface area contributed by atoms with E-state index in [9.17, 15) is 22.4 Å². The lowest BCUT2D eigenvalue weighted by molar-refractivity contribution is -0.242. The van der Waals surface area contributed by atoms with Crippen LogP contribution in [0, 0.1) is 5.92 Å². The van der Waals surface area contributed by atoms with E-state index < -0.39 is 30.7 Å². The first-order valence-electron chi connectivity index (χ1n) is 4.72. The van der Waals surface area contributed by atoms with Crippen LogP contribution in [0.3, 0.4) is 0 Å². The third-order valence-corrected chi connectivity index (χ3v) is 2.87. The minimum absolute atomic E-state index is 0.0116. The third kappa shape index (κ3) is 2.82. The molecule has 15 heavy (non-hydrogen) atoms. The van der Waals surface area contributed by atoms with Crippen molar-refractivity contribution in [3.05, 3.63) is 0 Å². The zero-order valence-corrected chi connectivity index (χ0v) is 7.98. The molecule has 0 bridgehead atoms. The van der Waals surface area contributed by atoms with E-state index >= 15 is 0 Å². The van der Waals surface area contributed by atoms with Gasteiger partial charge in [0.05, 0.1) is 0 Å². The molecule has 1 rings (SSSR count). The van der Waals surface area contributed by atoms with Crippen LogP contribution in [0.5, 0.6) is 0 Å². The fourth-order valence-electron chi connectivity index (χ4n) is 1.87. The molecule has 88 valence electrons. The largest absolute Gasteiger partial charge is 0.481 e. The highest BCUT2D eigenvalue weighted by molar-refractivity contribution is 5.67. The number of rotatable bonds is 2. The number of halogens is 4. The number of carboxylic acid groups (broad SMARTS) is 1. The van der Waals surface area contributed by atoms with Gasteiger partial charge in [0.15, 0.2) is 0 Å². The molecular weight excluding hydrogens is 216 g/mol. The van der Waals surface area contributed by atoms with E-state index in [4.69, 9.17) is 5.11 Å². The van der Waals surface area contributed by atoms with Crippen LogP contribution in [-0.2, 0) is 4.79 Å². The van der Waals surface area contributed by atoms with E-state index in [1.54, 1.807) is 0 Å². The first-order chi connectivity index (χ1) is 6.74. The summed E-state index contributed by atoms with van der Waals surface area (Å²) in [6.45, 7) is 0. The molecule has 1 N–H and O–H groups in total. The molecule has 0 radical (unpaired) electrons. The molecule has 1 saturated carbocycles. The van der Waals surface area contributed by atoms with Gasteiger partial charge >= 0.3 is 12.1 Å². The lowest BCUT2D eigenvalue weighted by atomic mass is 9.78. The van der Waals surface area contributed by atoms with Crippen LogP contribution in [0.2, 0.25) is 0 Å². The quantitative estimate of drug-likeness (QED) is 0.738. The van der Waals surface area contributed by atoms with Gasteiger partial charge in [0, 0.05) is 6.42 Å². The minimum Gasteiger partial charge on any atom is -0.481 e. The number of alkyl halides is 4.